The summed E-state index contributed by atoms with van der Waals surface area (Å²) in [4.78, 5) is 0. The van der Waals surface area contributed by atoms with E-state index in [0.717, 1.165) is 18.6 Å². The highest BCUT2D eigenvalue weighted by molar-refractivity contribution is 5.43. The van der Waals surface area contributed by atoms with Crippen LogP contribution in [-0.4, -0.2) is 18.8 Å². The molecule has 0 fully saturated rings. The Labute approximate surface area is 104 Å². The van der Waals surface area contributed by atoms with Crippen LogP contribution in [0.25, 0.3) is 0 Å². The Hall–Kier alpha value is -1.02. The van der Waals surface area contributed by atoms with E-state index in [0.29, 0.717) is 0 Å². The smallest absolute Gasteiger partial charge is 0.119 e. The van der Waals surface area contributed by atoms with Gasteiger partial charge in [0, 0.05) is 12.0 Å². The number of aliphatic hydroxyl groups excluding tert-OH is 1. The first-order valence-corrected chi connectivity index (χ1v) is 6.23. The molecule has 1 aromatic rings. The molecule has 1 atom stereocenters. The minimum Gasteiger partial charge on any atom is -0.497 e. The van der Waals surface area contributed by atoms with Crippen LogP contribution in [0.5, 0.6) is 5.75 Å². The van der Waals surface area contributed by atoms with E-state index < -0.39 is 0 Å². The summed E-state index contributed by atoms with van der Waals surface area (Å²) in [6.07, 6.45) is 2.05. The normalized spacial score (nSPS) is 26.4. The molecule has 0 spiro atoms. The van der Waals surface area contributed by atoms with Crippen LogP contribution in [0.15, 0.2) is 18.2 Å². The van der Waals surface area contributed by atoms with Crippen LogP contribution < -0.4 is 4.74 Å². The number of ether oxygens (including phenoxy) is 1. The predicted octanol–water partition coefficient (Wildman–Crippen LogP) is 2.92. The zero-order chi connectivity index (χ0) is 12.7. The van der Waals surface area contributed by atoms with Crippen LogP contribution >= 0.6 is 0 Å². The number of aliphatic hydroxyl groups is 1. The van der Waals surface area contributed by atoms with E-state index in [1.165, 1.54) is 11.1 Å². The van der Waals surface area contributed by atoms with Gasteiger partial charge in [-0.15, -0.1) is 0 Å². The summed E-state index contributed by atoms with van der Waals surface area (Å²) in [5.41, 5.74) is 2.68. The lowest BCUT2D eigenvalue weighted by atomic mass is 9.57. The van der Waals surface area contributed by atoms with Crippen LogP contribution in [0, 0.1) is 5.41 Å². The number of fused-ring (bicyclic) bond motifs is 1. The third kappa shape index (κ3) is 1.75. The summed E-state index contributed by atoms with van der Waals surface area (Å²) < 4.78 is 5.28. The molecule has 1 aromatic carbocycles. The lowest BCUT2D eigenvalue weighted by molar-refractivity contribution is 0.0527. The lowest BCUT2D eigenvalue weighted by Gasteiger charge is -2.48. The van der Waals surface area contributed by atoms with E-state index >= 15 is 0 Å². The molecule has 17 heavy (non-hydrogen) atoms. The van der Waals surface area contributed by atoms with Gasteiger partial charge in [0.25, 0.3) is 0 Å². The molecule has 0 saturated heterocycles. The molecule has 1 N–H and O–H groups in total. The van der Waals surface area contributed by atoms with Gasteiger partial charge in [-0.3, -0.25) is 0 Å². The monoisotopic (exact) mass is 234 g/mol. The van der Waals surface area contributed by atoms with Crippen molar-refractivity contribution in [2.24, 2.45) is 5.41 Å². The summed E-state index contributed by atoms with van der Waals surface area (Å²) in [7, 11) is 1.70. The van der Waals surface area contributed by atoms with E-state index in [4.69, 9.17) is 4.74 Å². The van der Waals surface area contributed by atoms with Crippen molar-refractivity contribution in [3.63, 3.8) is 0 Å². The molecule has 1 unspecified atom stereocenters. The molecule has 2 rings (SSSR count). The largest absolute Gasteiger partial charge is 0.497 e. The average molecular weight is 234 g/mol. The van der Waals surface area contributed by atoms with E-state index in [9.17, 15) is 5.11 Å². The second kappa shape index (κ2) is 4.02. The van der Waals surface area contributed by atoms with Gasteiger partial charge in [0.2, 0.25) is 0 Å². The van der Waals surface area contributed by atoms with Crippen LogP contribution in [0.3, 0.4) is 0 Å². The first kappa shape index (κ1) is 12.4. The highest BCUT2D eigenvalue weighted by Gasteiger charge is 2.45. The van der Waals surface area contributed by atoms with Crippen molar-refractivity contribution in [2.75, 3.05) is 13.7 Å². The molecule has 0 heterocycles. The first-order valence-electron chi connectivity index (χ1n) is 6.23. The number of methoxy groups -OCH3 is 1. The SMILES string of the molecule is COc1ccc2c(c1)CCC(C)(CO)C2(C)C. The van der Waals surface area contributed by atoms with E-state index in [-0.39, 0.29) is 17.4 Å². The van der Waals surface area contributed by atoms with E-state index in [1.54, 1.807) is 7.11 Å². The van der Waals surface area contributed by atoms with Crippen LogP contribution in [0.2, 0.25) is 0 Å². The van der Waals surface area contributed by atoms with Gasteiger partial charge in [-0.2, -0.15) is 0 Å². The van der Waals surface area contributed by atoms with Crippen molar-refractivity contribution in [1.82, 2.24) is 0 Å². The van der Waals surface area contributed by atoms with Gasteiger partial charge < -0.3 is 9.84 Å². The zero-order valence-electron chi connectivity index (χ0n) is 11.2. The second-order valence-corrected chi connectivity index (χ2v) is 5.87. The fourth-order valence-electron chi connectivity index (χ4n) is 2.84. The minimum absolute atomic E-state index is 0.00159. The van der Waals surface area contributed by atoms with Crippen molar-refractivity contribution in [3.05, 3.63) is 29.3 Å². The predicted molar refractivity (Wildman–Crippen MR) is 69.5 cm³/mol. The maximum Gasteiger partial charge on any atom is 0.119 e. The summed E-state index contributed by atoms with van der Waals surface area (Å²) in [5, 5.41) is 9.69. The molecule has 0 bridgehead atoms. The molecule has 2 heteroatoms. The Morgan fingerprint density at radius 3 is 2.59 bits per heavy atom. The average Bonchev–Trinajstić information content (AvgIpc) is 2.34. The number of rotatable bonds is 2. The standard InChI is InChI=1S/C15H22O2/c1-14(2)13-6-5-12(17-4)9-11(13)7-8-15(14,3)10-16/h5-6,9,16H,7-8,10H2,1-4H3. The Morgan fingerprint density at radius 2 is 2.00 bits per heavy atom. The first-order chi connectivity index (χ1) is 7.94. The maximum atomic E-state index is 9.69. The van der Waals surface area contributed by atoms with Gasteiger partial charge >= 0.3 is 0 Å². The van der Waals surface area contributed by atoms with Gasteiger partial charge in [-0.25, -0.2) is 0 Å². The molecule has 0 aromatic heterocycles. The topological polar surface area (TPSA) is 29.5 Å². The van der Waals surface area contributed by atoms with Crippen LogP contribution in [0.1, 0.15) is 38.3 Å². The molecule has 0 saturated carbocycles. The fraction of sp³-hybridized carbons (Fsp3) is 0.600. The van der Waals surface area contributed by atoms with Gasteiger partial charge in [0.15, 0.2) is 0 Å². The Bertz CT molecular complexity index is 423. The second-order valence-electron chi connectivity index (χ2n) is 5.87. The number of aryl methyl sites for hydroxylation is 1. The van der Waals surface area contributed by atoms with Crippen LogP contribution in [-0.2, 0) is 11.8 Å². The van der Waals surface area contributed by atoms with Gasteiger partial charge in [0.05, 0.1) is 7.11 Å². The minimum atomic E-state index is -0.0331. The van der Waals surface area contributed by atoms with E-state index in [1.807, 2.05) is 6.07 Å². The molecule has 1 aliphatic carbocycles. The van der Waals surface area contributed by atoms with Gasteiger partial charge in [-0.05, 0) is 41.5 Å². The highest BCUT2D eigenvalue weighted by Crippen LogP contribution is 2.49. The van der Waals surface area contributed by atoms with Crippen molar-refractivity contribution >= 4 is 0 Å². The van der Waals surface area contributed by atoms with Crippen molar-refractivity contribution in [1.29, 1.82) is 0 Å². The Balaban J connectivity index is 2.51. The number of benzene rings is 1. The zero-order valence-corrected chi connectivity index (χ0v) is 11.2. The van der Waals surface area contributed by atoms with Crippen molar-refractivity contribution < 1.29 is 9.84 Å². The Morgan fingerprint density at radius 1 is 1.29 bits per heavy atom. The summed E-state index contributed by atoms with van der Waals surface area (Å²) >= 11 is 0. The molecule has 94 valence electrons. The highest BCUT2D eigenvalue weighted by atomic mass is 16.5. The molecular formula is C15H22O2. The Kier molecular flexibility index (Phi) is 2.94. The molecule has 2 nitrogen and oxygen atoms in total. The maximum absolute atomic E-state index is 9.69. The quantitative estimate of drug-likeness (QED) is 0.852. The molecule has 0 aliphatic heterocycles. The molecule has 1 aliphatic rings. The number of hydrogen-bond acceptors (Lipinski definition) is 2. The third-order valence-corrected chi connectivity index (χ3v) is 4.79. The lowest BCUT2D eigenvalue weighted by Crippen LogP contribution is -2.45. The summed E-state index contributed by atoms with van der Waals surface area (Å²) in [5.74, 6) is 0.923. The molecule has 0 amide bonds. The summed E-state index contributed by atoms with van der Waals surface area (Å²) in [6, 6.07) is 6.30. The third-order valence-electron chi connectivity index (χ3n) is 4.79. The molecular weight excluding hydrogens is 212 g/mol. The fourth-order valence-corrected chi connectivity index (χ4v) is 2.84. The van der Waals surface area contributed by atoms with Gasteiger partial charge in [0.1, 0.15) is 5.75 Å². The van der Waals surface area contributed by atoms with Crippen molar-refractivity contribution in [3.8, 4) is 5.75 Å². The number of hydrogen-bond donors (Lipinski definition) is 1. The van der Waals surface area contributed by atoms with Gasteiger partial charge in [-0.1, -0.05) is 26.8 Å². The van der Waals surface area contributed by atoms with Crippen molar-refractivity contribution in [2.45, 2.75) is 39.0 Å². The molecule has 0 radical (unpaired) electrons. The van der Waals surface area contributed by atoms with Crippen LogP contribution in [0.4, 0.5) is 0 Å². The van der Waals surface area contributed by atoms with E-state index in [2.05, 4.69) is 32.9 Å². The summed E-state index contributed by atoms with van der Waals surface area (Å²) in [6.45, 7) is 6.88.